The van der Waals surface area contributed by atoms with Crippen LogP contribution in [0.2, 0.25) is 0 Å². The number of hydrogen-bond donors (Lipinski definition) is 2. The van der Waals surface area contributed by atoms with Crippen LogP contribution in [-0.4, -0.2) is 65.6 Å². The molecule has 1 saturated carbocycles. The highest BCUT2D eigenvalue weighted by molar-refractivity contribution is 14.0. The van der Waals surface area contributed by atoms with E-state index in [1.165, 1.54) is 34.9 Å². The van der Waals surface area contributed by atoms with Crippen LogP contribution in [0.3, 0.4) is 0 Å². The van der Waals surface area contributed by atoms with E-state index in [2.05, 4.69) is 15.6 Å². The number of ether oxygens (including phenoxy) is 1. The first kappa shape index (κ1) is 27.6. The van der Waals surface area contributed by atoms with Gasteiger partial charge in [0.05, 0.1) is 0 Å². The maximum absolute atomic E-state index is 12.6. The van der Waals surface area contributed by atoms with Crippen molar-refractivity contribution in [1.29, 1.82) is 0 Å². The molecular weight excluding hydrogens is 535 g/mol. The summed E-state index contributed by atoms with van der Waals surface area (Å²) in [5, 5.41) is 6.79. The van der Waals surface area contributed by atoms with Crippen molar-refractivity contribution in [3.05, 3.63) is 17.0 Å². The fourth-order valence-electron chi connectivity index (χ4n) is 3.63. The molecule has 0 radical (unpaired) electrons. The molecule has 30 heavy (non-hydrogen) atoms. The molecule has 10 heteroatoms. The second-order valence-corrected chi connectivity index (χ2v) is 10.8. The molecule has 1 heterocycles. The molecule has 1 aliphatic carbocycles. The van der Waals surface area contributed by atoms with Gasteiger partial charge in [-0.05, 0) is 43.2 Å². The van der Waals surface area contributed by atoms with Crippen molar-refractivity contribution in [2.45, 2.75) is 50.2 Å². The monoisotopic (exact) mass is 572 g/mol. The zero-order valence-electron chi connectivity index (χ0n) is 18.6. The van der Waals surface area contributed by atoms with Gasteiger partial charge in [-0.3, -0.25) is 4.99 Å². The van der Waals surface area contributed by atoms with E-state index < -0.39 is 10.0 Å². The molecule has 7 nitrogen and oxygen atoms in total. The summed E-state index contributed by atoms with van der Waals surface area (Å²) in [6.45, 7) is 7.10. The second-order valence-electron chi connectivity index (χ2n) is 7.51. The minimum Gasteiger partial charge on any atom is -0.385 e. The third-order valence-electron chi connectivity index (χ3n) is 5.71. The van der Waals surface area contributed by atoms with Crippen LogP contribution in [0.5, 0.6) is 0 Å². The van der Waals surface area contributed by atoms with Crippen LogP contribution in [-0.2, 0) is 21.2 Å². The Morgan fingerprint density at radius 1 is 1.27 bits per heavy atom. The highest BCUT2D eigenvalue weighted by Gasteiger charge is 2.36. The van der Waals surface area contributed by atoms with Crippen molar-refractivity contribution in [2.24, 2.45) is 10.4 Å². The van der Waals surface area contributed by atoms with Gasteiger partial charge >= 0.3 is 0 Å². The van der Waals surface area contributed by atoms with Gasteiger partial charge in [0.2, 0.25) is 0 Å². The third-order valence-corrected chi connectivity index (χ3v) is 9.37. The zero-order chi connectivity index (χ0) is 21.3. The molecule has 0 aliphatic heterocycles. The fourth-order valence-corrected chi connectivity index (χ4v) is 6.60. The molecule has 1 fully saturated rings. The molecule has 0 aromatic carbocycles. The minimum absolute atomic E-state index is 0. The molecule has 2 N–H and O–H groups in total. The van der Waals surface area contributed by atoms with Crippen molar-refractivity contribution < 1.29 is 13.2 Å². The topological polar surface area (TPSA) is 83.0 Å². The number of halogens is 1. The lowest BCUT2D eigenvalue weighted by Crippen LogP contribution is -2.47. The molecule has 0 atom stereocenters. The maximum Gasteiger partial charge on any atom is 0.252 e. The Kier molecular flexibility index (Phi) is 12.1. The molecule has 1 aromatic heterocycles. The van der Waals surface area contributed by atoms with Crippen LogP contribution in [0.25, 0.3) is 0 Å². The standard InChI is InChI=1S/C20H36N4O3S2.HI/c1-5-24(6-2)29(25,26)18-9-8-17(28-18)10-14-22-19(21-3)23-16-20(11-7-12-20)13-15-27-4;/h8-9H,5-7,10-16H2,1-4H3,(H2,21,22,23);1H. The molecule has 174 valence electrons. The molecule has 1 aromatic rings. The molecule has 1 aliphatic rings. The van der Waals surface area contributed by atoms with Crippen molar-refractivity contribution in [1.82, 2.24) is 14.9 Å². The van der Waals surface area contributed by atoms with Gasteiger partial charge in [-0.15, -0.1) is 35.3 Å². The van der Waals surface area contributed by atoms with Crippen LogP contribution >= 0.6 is 35.3 Å². The number of rotatable bonds is 12. The number of methoxy groups -OCH3 is 1. The van der Waals surface area contributed by atoms with Crippen molar-refractivity contribution >= 4 is 51.3 Å². The highest BCUT2D eigenvalue weighted by atomic mass is 127. The van der Waals surface area contributed by atoms with E-state index in [1.54, 1.807) is 20.2 Å². The number of thiophene rings is 1. The Bertz CT molecular complexity index is 760. The quantitative estimate of drug-likeness (QED) is 0.228. The molecular formula is C20H37IN4O3S2. The van der Waals surface area contributed by atoms with Gasteiger partial charge < -0.3 is 15.4 Å². The van der Waals surface area contributed by atoms with E-state index in [-0.39, 0.29) is 24.0 Å². The van der Waals surface area contributed by atoms with Gasteiger partial charge in [0.15, 0.2) is 5.96 Å². The number of guanidine groups is 1. The third kappa shape index (κ3) is 7.32. The maximum atomic E-state index is 12.6. The number of aliphatic imine (C=N–C) groups is 1. The Hall–Kier alpha value is -0.430. The Morgan fingerprint density at radius 3 is 2.50 bits per heavy atom. The van der Waals surface area contributed by atoms with Crippen LogP contribution in [0.1, 0.15) is 44.4 Å². The van der Waals surface area contributed by atoms with E-state index in [4.69, 9.17) is 4.74 Å². The van der Waals surface area contributed by atoms with Crippen molar-refractivity contribution in [3.8, 4) is 0 Å². The summed E-state index contributed by atoms with van der Waals surface area (Å²) in [4.78, 5) is 5.37. The number of nitrogens with zero attached hydrogens (tertiary/aromatic N) is 2. The van der Waals surface area contributed by atoms with Gasteiger partial charge in [-0.25, -0.2) is 8.42 Å². The fraction of sp³-hybridized carbons (Fsp3) is 0.750. The largest absolute Gasteiger partial charge is 0.385 e. The predicted molar refractivity (Wildman–Crippen MR) is 136 cm³/mol. The lowest BCUT2D eigenvalue weighted by Gasteiger charge is -2.42. The molecule has 0 spiro atoms. The summed E-state index contributed by atoms with van der Waals surface area (Å²) < 4.78 is 32.4. The lowest BCUT2D eigenvalue weighted by atomic mass is 9.67. The molecule has 0 saturated heterocycles. The summed E-state index contributed by atoms with van der Waals surface area (Å²) in [5.41, 5.74) is 0.328. The Labute approximate surface area is 203 Å². The zero-order valence-corrected chi connectivity index (χ0v) is 22.5. The first-order valence-electron chi connectivity index (χ1n) is 10.4. The van der Waals surface area contributed by atoms with Crippen LogP contribution < -0.4 is 10.6 Å². The average Bonchev–Trinajstić information content (AvgIpc) is 3.16. The van der Waals surface area contributed by atoms with Gasteiger partial charge in [0.25, 0.3) is 10.0 Å². The minimum atomic E-state index is -3.37. The SMILES string of the molecule is CCN(CC)S(=O)(=O)c1ccc(CCNC(=NC)NCC2(CCOC)CCC2)s1.I. The predicted octanol–water partition coefficient (Wildman–Crippen LogP) is 3.31. The normalized spacial score (nSPS) is 16.1. The summed E-state index contributed by atoms with van der Waals surface area (Å²) in [6, 6.07) is 3.63. The summed E-state index contributed by atoms with van der Waals surface area (Å²) in [5.74, 6) is 0.793. The lowest BCUT2D eigenvalue weighted by molar-refractivity contribution is 0.0732. The van der Waals surface area contributed by atoms with Crippen LogP contribution in [0, 0.1) is 5.41 Å². The number of nitrogens with one attached hydrogen (secondary N) is 2. The number of hydrogen-bond acceptors (Lipinski definition) is 5. The van der Waals surface area contributed by atoms with Gasteiger partial charge in [0.1, 0.15) is 4.21 Å². The number of sulfonamides is 1. The summed E-state index contributed by atoms with van der Waals surface area (Å²) in [6.07, 6.45) is 5.59. The van der Waals surface area contributed by atoms with Gasteiger partial charge in [-0.1, -0.05) is 20.3 Å². The first-order chi connectivity index (χ1) is 13.9. The Balaban J connectivity index is 0.00000450. The average molecular weight is 573 g/mol. The van der Waals surface area contributed by atoms with Crippen molar-refractivity contribution in [2.75, 3.05) is 46.9 Å². The first-order valence-corrected chi connectivity index (χ1v) is 12.7. The van der Waals surface area contributed by atoms with E-state index in [0.29, 0.717) is 29.3 Å². The van der Waals surface area contributed by atoms with Gasteiger partial charge in [0, 0.05) is 51.8 Å². The van der Waals surface area contributed by atoms with E-state index in [0.717, 1.165) is 36.8 Å². The van der Waals surface area contributed by atoms with E-state index >= 15 is 0 Å². The van der Waals surface area contributed by atoms with E-state index in [9.17, 15) is 8.42 Å². The smallest absolute Gasteiger partial charge is 0.252 e. The summed E-state index contributed by atoms with van der Waals surface area (Å²) >= 11 is 1.35. The molecule has 0 amide bonds. The van der Waals surface area contributed by atoms with Crippen LogP contribution in [0.4, 0.5) is 0 Å². The van der Waals surface area contributed by atoms with Crippen LogP contribution in [0.15, 0.2) is 21.3 Å². The van der Waals surface area contributed by atoms with Gasteiger partial charge in [-0.2, -0.15) is 4.31 Å². The molecule has 0 unspecified atom stereocenters. The Morgan fingerprint density at radius 2 is 1.97 bits per heavy atom. The molecule has 2 rings (SSSR count). The molecule has 0 bridgehead atoms. The van der Waals surface area contributed by atoms with E-state index in [1.807, 2.05) is 19.9 Å². The van der Waals surface area contributed by atoms with Crippen molar-refractivity contribution in [3.63, 3.8) is 0 Å². The highest BCUT2D eigenvalue weighted by Crippen LogP contribution is 2.43. The second kappa shape index (κ2) is 13.2. The summed E-state index contributed by atoms with van der Waals surface area (Å²) in [7, 11) is 0.159.